The van der Waals surface area contributed by atoms with Gasteiger partial charge in [0.1, 0.15) is 0 Å². The molecule has 0 aliphatic heterocycles. The number of ether oxygens (including phenoxy) is 1. The van der Waals surface area contributed by atoms with E-state index >= 15 is 0 Å². The number of hydrogen-bond donors (Lipinski definition) is 1. The molecule has 0 aliphatic rings. The third-order valence-electron chi connectivity index (χ3n) is 4.41. The fraction of sp³-hybridized carbons (Fsp3) is 0.636. The summed E-state index contributed by atoms with van der Waals surface area (Å²) in [6.45, 7) is 3.04. The highest BCUT2D eigenvalue weighted by atomic mass is 16.5. The SMILES string of the molecule is CCCCCCCCCCCCOC(=O)CCNC(=O)c1ccccc1. The van der Waals surface area contributed by atoms with Gasteiger partial charge in [0.25, 0.3) is 5.91 Å². The molecule has 0 spiro atoms. The summed E-state index contributed by atoms with van der Waals surface area (Å²) < 4.78 is 5.21. The molecule has 0 aliphatic carbocycles. The lowest BCUT2D eigenvalue weighted by Crippen LogP contribution is -2.26. The molecule has 0 bridgehead atoms. The summed E-state index contributed by atoms with van der Waals surface area (Å²) in [4.78, 5) is 23.5. The molecule has 146 valence electrons. The first-order valence-electron chi connectivity index (χ1n) is 10.2. The van der Waals surface area contributed by atoms with Gasteiger partial charge in [-0.1, -0.05) is 82.9 Å². The summed E-state index contributed by atoms with van der Waals surface area (Å²) in [7, 11) is 0. The van der Waals surface area contributed by atoms with Crippen molar-refractivity contribution in [3.8, 4) is 0 Å². The minimum Gasteiger partial charge on any atom is -0.466 e. The molecule has 1 amide bonds. The third-order valence-corrected chi connectivity index (χ3v) is 4.41. The van der Waals surface area contributed by atoms with Gasteiger partial charge in [0.2, 0.25) is 0 Å². The Hall–Kier alpha value is -1.84. The molecule has 26 heavy (non-hydrogen) atoms. The molecule has 1 N–H and O–H groups in total. The van der Waals surface area contributed by atoms with Crippen LogP contribution in [-0.4, -0.2) is 25.0 Å². The molecule has 4 nitrogen and oxygen atoms in total. The zero-order valence-electron chi connectivity index (χ0n) is 16.3. The Balaban J connectivity index is 1.89. The molecule has 1 aromatic carbocycles. The second kappa shape index (κ2) is 15.4. The summed E-state index contributed by atoms with van der Waals surface area (Å²) >= 11 is 0. The second-order valence-electron chi connectivity index (χ2n) is 6.77. The van der Waals surface area contributed by atoms with E-state index in [0.717, 1.165) is 12.8 Å². The summed E-state index contributed by atoms with van der Waals surface area (Å²) in [5.74, 6) is -0.401. The fourth-order valence-corrected chi connectivity index (χ4v) is 2.82. The number of unbranched alkanes of at least 4 members (excludes halogenated alkanes) is 9. The van der Waals surface area contributed by atoms with Crippen LogP contribution in [0.4, 0.5) is 0 Å². The van der Waals surface area contributed by atoms with Gasteiger partial charge < -0.3 is 10.1 Å². The highest BCUT2D eigenvalue weighted by molar-refractivity contribution is 5.94. The van der Waals surface area contributed by atoms with E-state index in [4.69, 9.17) is 4.74 Å². The maximum atomic E-state index is 11.8. The zero-order chi connectivity index (χ0) is 18.9. The normalized spacial score (nSPS) is 10.5. The topological polar surface area (TPSA) is 55.4 Å². The van der Waals surface area contributed by atoms with Crippen LogP contribution in [0.3, 0.4) is 0 Å². The Kier molecular flexibility index (Phi) is 13.2. The van der Waals surface area contributed by atoms with Crippen molar-refractivity contribution in [3.63, 3.8) is 0 Å². The van der Waals surface area contributed by atoms with E-state index in [9.17, 15) is 9.59 Å². The number of amides is 1. The van der Waals surface area contributed by atoms with Crippen LogP contribution >= 0.6 is 0 Å². The molecule has 1 rings (SSSR count). The molecular weight excluding hydrogens is 326 g/mol. The molecule has 0 unspecified atom stereocenters. The van der Waals surface area contributed by atoms with Gasteiger partial charge in [0.05, 0.1) is 13.0 Å². The molecule has 0 heterocycles. The van der Waals surface area contributed by atoms with Gasteiger partial charge in [0, 0.05) is 12.1 Å². The Morgan fingerprint density at radius 1 is 0.846 bits per heavy atom. The van der Waals surface area contributed by atoms with E-state index in [2.05, 4.69) is 12.2 Å². The van der Waals surface area contributed by atoms with Crippen LogP contribution in [0.1, 0.15) is 87.9 Å². The average molecular weight is 362 g/mol. The first kappa shape index (κ1) is 22.2. The van der Waals surface area contributed by atoms with Crippen LogP contribution < -0.4 is 5.32 Å². The molecular formula is C22H35NO3. The van der Waals surface area contributed by atoms with E-state index in [1.54, 1.807) is 12.1 Å². The smallest absolute Gasteiger partial charge is 0.307 e. The Morgan fingerprint density at radius 3 is 2.04 bits per heavy atom. The number of nitrogens with one attached hydrogen (secondary N) is 1. The fourth-order valence-electron chi connectivity index (χ4n) is 2.82. The molecule has 4 heteroatoms. The monoisotopic (exact) mass is 361 g/mol. The van der Waals surface area contributed by atoms with Crippen molar-refractivity contribution >= 4 is 11.9 Å². The van der Waals surface area contributed by atoms with Crippen molar-refractivity contribution in [2.75, 3.05) is 13.2 Å². The van der Waals surface area contributed by atoms with Gasteiger partial charge in [-0.05, 0) is 18.6 Å². The zero-order valence-corrected chi connectivity index (χ0v) is 16.3. The molecule has 0 radical (unpaired) electrons. The van der Waals surface area contributed by atoms with Crippen LogP contribution in [0.15, 0.2) is 30.3 Å². The van der Waals surface area contributed by atoms with Crippen molar-refractivity contribution in [3.05, 3.63) is 35.9 Å². The van der Waals surface area contributed by atoms with Crippen LogP contribution in [0.2, 0.25) is 0 Å². The minimum absolute atomic E-state index is 0.159. The van der Waals surface area contributed by atoms with Gasteiger partial charge in [-0.15, -0.1) is 0 Å². The van der Waals surface area contributed by atoms with Crippen LogP contribution in [-0.2, 0) is 9.53 Å². The molecule has 0 atom stereocenters. The van der Waals surface area contributed by atoms with Gasteiger partial charge in [-0.2, -0.15) is 0 Å². The summed E-state index contributed by atoms with van der Waals surface area (Å²) in [6, 6.07) is 8.99. The lowest BCUT2D eigenvalue weighted by molar-refractivity contribution is -0.143. The third kappa shape index (κ3) is 11.7. The Bertz CT molecular complexity index is 487. The summed E-state index contributed by atoms with van der Waals surface area (Å²) in [6.07, 6.45) is 12.9. The molecule has 0 aromatic heterocycles. The van der Waals surface area contributed by atoms with Crippen molar-refractivity contribution in [2.24, 2.45) is 0 Å². The predicted molar refractivity (Wildman–Crippen MR) is 106 cm³/mol. The number of hydrogen-bond acceptors (Lipinski definition) is 3. The molecule has 0 saturated carbocycles. The van der Waals surface area contributed by atoms with Gasteiger partial charge in [0.15, 0.2) is 0 Å². The number of rotatable bonds is 15. The Labute approximate surface area is 158 Å². The maximum Gasteiger partial charge on any atom is 0.307 e. The highest BCUT2D eigenvalue weighted by Gasteiger charge is 2.06. The molecule has 0 saturated heterocycles. The van der Waals surface area contributed by atoms with Crippen molar-refractivity contribution < 1.29 is 14.3 Å². The van der Waals surface area contributed by atoms with Gasteiger partial charge >= 0.3 is 5.97 Å². The number of carbonyl (C=O) groups excluding carboxylic acids is 2. The average Bonchev–Trinajstić information content (AvgIpc) is 2.66. The molecule has 1 aromatic rings. The van der Waals surface area contributed by atoms with Crippen LogP contribution in [0.25, 0.3) is 0 Å². The van der Waals surface area contributed by atoms with E-state index in [-0.39, 0.29) is 18.3 Å². The van der Waals surface area contributed by atoms with Crippen molar-refractivity contribution in [1.29, 1.82) is 0 Å². The first-order chi connectivity index (χ1) is 12.7. The van der Waals surface area contributed by atoms with Gasteiger partial charge in [-0.3, -0.25) is 9.59 Å². The number of benzene rings is 1. The number of carbonyl (C=O) groups is 2. The maximum absolute atomic E-state index is 11.8. The first-order valence-corrected chi connectivity index (χ1v) is 10.2. The predicted octanol–water partition coefficient (Wildman–Crippen LogP) is 5.27. The lowest BCUT2D eigenvalue weighted by atomic mass is 10.1. The largest absolute Gasteiger partial charge is 0.466 e. The van der Waals surface area contributed by atoms with Gasteiger partial charge in [-0.25, -0.2) is 0 Å². The van der Waals surface area contributed by atoms with E-state index < -0.39 is 0 Å². The van der Waals surface area contributed by atoms with Crippen LogP contribution in [0.5, 0.6) is 0 Å². The molecule has 0 fully saturated rings. The highest BCUT2D eigenvalue weighted by Crippen LogP contribution is 2.10. The summed E-state index contributed by atoms with van der Waals surface area (Å²) in [5, 5.41) is 2.73. The van der Waals surface area contributed by atoms with E-state index in [0.29, 0.717) is 18.7 Å². The second-order valence-corrected chi connectivity index (χ2v) is 6.77. The number of esters is 1. The Morgan fingerprint density at radius 2 is 1.42 bits per heavy atom. The van der Waals surface area contributed by atoms with E-state index in [1.807, 2.05) is 18.2 Å². The summed E-state index contributed by atoms with van der Waals surface area (Å²) in [5.41, 5.74) is 0.603. The standard InChI is InChI=1S/C22H35NO3/c1-2-3-4-5-6-7-8-9-10-14-19-26-21(24)17-18-23-22(25)20-15-12-11-13-16-20/h11-13,15-16H,2-10,14,17-19H2,1H3,(H,23,25). The minimum atomic E-state index is -0.241. The quantitative estimate of drug-likeness (QED) is 0.342. The van der Waals surface area contributed by atoms with Crippen molar-refractivity contribution in [2.45, 2.75) is 77.6 Å². The van der Waals surface area contributed by atoms with Crippen molar-refractivity contribution in [1.82, 2.24) is 5.32 Å². The lowest BCUT2D eigenvalue weighted by Gasteiger charge is -2.07. The van der Waals surface area contributed by atoms with E-state index in [1.165, 1.54) is 51.4 Å². The van der Waals surface area contributed by atoms with Crippen LogP contribution in [0, 0.1) is 0 Å².